The number of amides is 1. The summed E-state index contributed by atoms with van der Waals surface area (Å²) >= 11 is 0. The number of nitrogens with one attached hydrogen (secondary N) is 1. The van der Waals surface area contributed by atoms with E-state index in [0.717, 1.165) is 51.0 Å². The molecule has 2 saturated heterocycles. The lowest BCUT2D eigenvalue weighted by Crippen LogP contribution is -2.45. The third-order valence-corrected chi connectivity index (χ3v) is 5.35. The molecule has 0 bridgehead atoms. The van der Waals surface area contributed by atoms with Crippen molar-refractivity contribution in [3.8, 4) is 0 Å². The molecule has 2 fully saturated rings. The molecule has 1 N–H and O–H groups in total. The molecule has 0 unspecified atom stereocenters. The quantitative estimate of drug-likeness (QED) is 0.860. The largest absolute Gasteiger partial charge is 0.347 e. The van der Waals surface area contributed by atoms with Gasteiger partial charge in [0.1, 0.15) is 0 Å². The zero-order chi connectivity index (χ0) is 17.7. The number of hydrogen-bond donors (Lipinski definition) is 1. The van der Waals surface area contributed by atoms with E-state index in [2.05, 4.69) is 42.3 Å². The van der Waals surface area contributed by atoms with E-state index in [1.165, 1.54) is 11.1 Å². The number of hydrogen-bond acceptors (Lipinski definition) is 4. The first-order chi connectivity index (χ1) is 12.2. The summed E-state index contributed by atoms with van der Waals surface area (Å²) in [6, 6.07) is 6.27. The molecule has 5 heteroatoms. The van der Waals surface area contributed by atoms with Gasteiger partial charge < -0.3 is 19.7 Å². The number of benzene rings is 1. The van der Waals surface area contributed by atoms with Crippen molar-refractivity contribution in [1.82, 2.24) is 4.90 Å². The predicted molar refractivity (Wildman–Crippen MR) is 98.8 cm³/mol. The third kappa shape index (κ3) is 4.40. The average Bonchev–Trinajstić information content (AvgIpc) is 3.09. The molecule has 1 aromatic carbocycles. The molecule has 1 aromatic rings. The smallest absolute Gasteiger partial charge is 0.225 e. The Balaban J connectivity index is 1.49. The standard InChI is InChI=1S/C20H30N2O3/c1-3-16-6-5-7-17(4-2)19(16)21-18(23)8-11-22-12-9-20(10-13-22)24-14-15-25-20/h5-7H,3-4,8-15H2,1-2H3,(H,21,23). The molecule has 2 aliphatic rings. The topological polar surface area (TPSA) is 50.8 Å². The first kappa shape index (κ1) is 18.4. The number of carbonyl (C=O) groups is 1. The van der Waals surface area contributed by atoms with Crippen LogP contribution in [0.3, 0.4) is 0 Å². The Bertz CT molecular complexity index is 564. The number of para-hydroxylation sites is 1. The summed E-state index contributed by atoms with van der Waals surface area (Å²) in [5.74, 6) is -0.237. The maximum Gasteiger partial charge on any atom is 0.225 e. The van der Waals surface area contributed by atoms with Crippen molar-refractivity contribution in [2.24, 2.45) is 0 Å². The Morgan fingerprint density at radius 1 is 1.12 bits per heavy atom. The second-order valence-corrected chi connectivity index (χ2v) is 6.91. The maximum absolute atomic E-state index is 12.5. The van der Waals surface area contributed by atoms with Crippen LogP contribution < -0.4 is 5.32 Å². The van der Waals surface area contributed by atoms with Crippen LogP contribution in [0, 0.1) is 0 Å². The van der Waals surface area contributed by atoms with Crippen molar-refractivity contribution >= 4 is 11.6 Å². The molecule has 3 rings (SSSR count). The molecular weight excluding hydrogens is 316 g/mol. The van der Waals surface area contributed by atoms with Gasteiger partial charge in [-0.3, -0.25) is 4.79 Å². The van der Waals surface area contributed by atoms with Crippen LogP contribution in [0.25, 0.3) is 0 Å². The number of aryl methyl sites for hydroxylation is 2. The van der Waals surface area contributed by atoms with Gasteiger partial charge in [-0.05, 0) is 24.0 Å². The zero-order valence-electron chi connectivity index (χ0n) is 15.5. The molecule has 1 spiro atoms. The van der Waals surface area contributed by atoms with E-state index < -0.39 is 0 Å². The van der Waals surface area contributed by atoms with Gasteiger partial charge in [-0.15, -0.1) is 0 Å². The number of ether oxygens (including phenoxy) is 2. The monoisotopic (exact) mass is 346 g/mol. The number of carbonyl (C=O) groups excluding carboxylic acids is 1. The molecule has 2 aliphatic heterocycles. The molecule has 0 aromatic heterocycles. The Morgan fingerprint density at radius 3 is 2.28 bits per heavy atom. The fourth-order valence-electron chi connectivity index (χ4n) is 3.77. The van der Waals surface area contributed by atoms with Crippen molar-refractivity contribution in [3.05, 3.63) is 29.3 Å². The zero-order valence-corrected chi connectivity index (χ0v) is 15.5. The van der Waals surface area contributed by atoms with Gasteiger partial charge in [-0.2, -0.15) is 0 Å². The van der Waals surface area contributed by atoms with Crippen LogP contribution in [-0.2, 0) is 27.1 Å². The summed E-state index contributed by atoms with van der Waals surface area (Å²) in [5.41, 5.74) is 3.44. The fourth-order valence-corrected chi connectivity index (χ4v) is 3.77. The van der Waals surface area contributed by atoms with Crippen molar-refractivity contribution < 1.29 is 14.3 Å². The second-order valence-electron chi connectivity index (χ2n) is 6.91. The first-order valence-electron chi connectivity index (χ1n) is 9.56. The van der Waals surface area contributed by atoms with Gasteiger partial charge in [0.2, 0.25) is 5.91 Å². The van der Waals surface area contributed by atoms with Crippen LogP contribution in [-0.4, -0.2) is 49.4 Å². The lowest BCUT2D eigenvalue weighted by molar-refractivity contribution is -0.185. The highest BCUT2D eigenvalue weighted by Gasteiger charge is 2.39. The highest BCUT2D eigenvalue weighted by molar-refractivity contribution is 5.92. The lowest BCUT2D eigenvalue weighted by atomic mass is 10.0. The van der Waals surface area contributed by atoms with E-state index in [-0.39, 0.29) is 11.7 Å². The Kier molecular flexibility index (Phi) is 6.10. The number of likely N-dealkylation sites (tertiary alicyclic amines) is 1. The minimum atomic E-state index is -0.338. The average molecular weight is 346 g/mol. The van der Waals surface area contributed by atoms with E-state index >= 15 is 0 Å². The van der Waals surface area contributed by atoms with Gasteiger partial charge >= 0.3 is 0 Å². The second kappa shape index (κ2) is 8.30. The SMILES string of the molecule is CCc1cccc(CC)c1NC(=O)CCN1CCC2(CC1)OCCO2. The van der Waals surface area contributed by atoms with Crippen LogP contribution in [0.2, 0.25) is 0 Å². The highest BCUT2D eigenvalue weighted by Crippen LogP contribution is 2.31. The van der Waals surface area contributed by atoms with Crippen LogP contribution in [0.5, 0.6) is 0 Å². The van der Waals surface area contributed by atoms with E-state index in [9.17, 15) is 4.79 Å². The fraction of sp³-hybridized carbons (Fsp3) is 0.650. The lowest BCUT2D eigenvalue weighted by Gasteiger charge is -2.37. The van der Waals surface area contributed by atoms with Gasteiger partial charge in [0.05, 0.1) is 13.2 Å². The molecule has 1 amide bonds. The van der Waals surface area contributed by atoms with Crippen molar-refractivity contribution in [2.75, 3.05) is 38.2 Å². The minimum Gasteiger partial charge on any atom is -0.347 e. The predicted octanol–water partition coefficient (Wildman–Crippen LogP) is 2.98. The Hall–Kier alpha value is -1.43. The van der Waals surface area contributed by atoms with Gasteiger partial charge in [-0.25, -0.2) is 0 Å². The molecule has 25 heavy (non-hydrogen) atoms. The molecule has 2 heterocycles. The Labute approximate surface area is 150 Å². The van der Waals surface area contributed by atoms with E-state index in [1.54, 1.807) is 0 Å². The molecule has 138 valence electrons. The molecule has 0 atom stereocenters. The molecule has 5 nitrogen and oxygen atoms in total. The number of nitrogens with zero attached hydrogens (tertiary/aromatic N) is 1. The van der Waals surface area contributed by atoms with E-state index in [0.29, 0.717) is 19.6 Å². The van der Waals surface area contributed by atoms with Gasteiger partial charge in [0.15, 0.2) is 5.79 Å². The first-order valence-corrected chi connectivity index (χ1v) is 9.56. The van der Waals surface area contributed by atoms with Crippen LogP contribution in [0.15, 0.2) is 18.2 Å². The maximum atomic E-state index is 12.5. The summed E-state index contributed by atoms with van der Waals surface area (Å²) in [6.45, 7) is 8.32. The third-order valence-electron chi connectivity index (χ3n) is 5.35. The van der Waals surface area contributed by atoms with Gasteiger partial charge in [0.25, 0.3) is 0 Å². The van der Waals surface area contributed by atoms with Crippen LogP contribution in [0.1, 0.15) is 44.2 Å². The van der Waals surface area contributed by atoms with Crippen LogP contribution >= 0.6 is 0 Å². The Morgan fingerprint density at radius 2 is 1.72 bits per heavy atom. The minimum absolute atomic E-state index is 0.101. The normalized spacial score (nSPS) is 20.1. The van der Waals surface area contributed by atoms with Gasteiger partial charge in [-0.1, -0.05) is 32.0 Å². The van der Waals surface area contributed by atoms with Crippen LogP contribution in [0.4, 0.5) is 5.69 Å². The summed E-state index contributed by atoms with van der Waals surface area (Å²) in [6.07, 6.45) is 4.17. The van der Waals surface area contributed by atoms with Crippen molar-refractivity contribution in [2.45, 2.75) is 51.7 Å². The molecule has 0 saturated carbocycles. The van der Waals surface area contributed by atoms with E-state index in [1.807, 2.05) is 0 Å². The number of rotatable bonds is 6. The van der Waals surface area contributed by atoms with Gasteiger partial charge in [0, 0.05) is 44.6 Å². The van der Waals surface area contributed by atoms with E-state index in [4.69, 9.17) is 9.47 Å². The number of piperidine rings is 1. The summed E-state index contributed by atoms with van der Waals surface area (Å²) in [4.78, 5) is 14.8. The van der Waals surface area contributed by atoms with Crippen molar-refractivity contribution in [1.29, 1.82) is 0 Å². The molecule has 0 radical (unpaired) electrons. The summed E-state index contributed by atoms with van der Waals surface area (Å²) < 4.78 is 11.5. The summed E-state index contributed by atoms with van der Waals surface area (Å²) in [7, 11) is 0. The summed E-state index contributed by atoms with van der Waals surface area (Å²) in [5, 5.41) is 3.15. The molecule has 0 aliphatic carbocycles. The molecular formula is C20H30N2O3. The van der Waals surface area contributed by atoms with Crippen molar-refractivity contribution in [3.63, 3.8) is 0 Å². The highest BCUT2D eigenvalue weighted by atomic mass is 16.7. The number of anilines is 1.